The number of hydrogen-bond acceptors (Lipinski definition) is 9. The van der Waals surface area contributed by atoms with Crippen LogP contribution < -0.4 is 24.8 Å². The maximum absolute atomic E-state index is 12.8. The highest BCUT2D eigenvalue weighted by Gasteiger charge is 2.32. The third-order valence-electron chi connectivity index (χ3n) is 5.14. The smallest absolute Gasteiger partial charge is 0.338 e. The summed E-state index contributed by atoms with van der Waals surface area (Å²) in [5.74, 6) is 1.22. The average Bonchev–Trinajstić information content (AvgIpc) is 2.86. The van der Waals surface area contributed by atoms with E-state index in [1.807, 2.05) is 0 Å². The van der Waals surface area contributed by atoms with E-state index in [-0.39, 0.29) is 18.3 Å². The summed E-state index contributed by atoms with van der Waals surface area (Å²) in [4.78, 5) is 30.1. The molecule has 0 saturated carbocycles. The molecule has 0 aromatic heterocycles. The van der Waals surface area contributed by atoms with Crippen molar-refractivity contribution >= 4 is 34.5 Å². The Labute approximate surface area is 208 Å². The van der Waals surface area contributed by atoms with E-state index in [9.17, 15) is 9.59 Å². The summed E-state index contributed by atoms with van der Waals surface area (Å²) in [6.45, 7) is 3.75. The van der Waals surface area contributed by atoms with Crippen molar-refractivity contribution in [2.75, 3.05) is 39.0 Å². The third kappa shape index (κ3) is 6.48. The predicted octanol–water partition coefficient (Wildman–Crippen LogP) is 3.92. The number of benzene rings is 2. The number of rotatable bonds is 9. The van der Waals surface area contributed by atoms with Crippen LogP contribution in [0.5, 0.6) is 17.2 Å². The minimum atomic E-state index is -0.704. The van der Waals surface area contributed by atoms with Crippen LogP contribution in [0.25, 0.3) is 0 Å². The SMILES string of the molecule is CCOC(=O)C1=C(C)NC(SCC(=O)Nc2cccc(OC)c2)=N[C@H]1c1cc(OC)ccc1OC. The summed E-state index contributed by atoms with van der Waals surface area (Å²) in [6.07, 6.45) is 0. The van der Waals surface area contributed by atoms with Crippen LogP contribution in [0.2, 0.25) is 0 Å². The highest BCUT2D eigenvalue weighted by atomic mass is 32.2. The van der Waals surface area contributed by atoms with Crippen molar-refractivity contribution in [3.8, 4) is 17.2 Å². The normalized spacial score (nSPS) is 15.0. The molecule has 0 spiro atoms. The van der Waals surface area contributed by atoms with Crippen molar-refractivity contribution in [1.82, 2.24) is 5.32 Å². The molecule has 2 aromatic carbocycles. The van der Waals surface area contributed by atoms with Gasteiger partial charge in [0.1, 0.15) is 23.3 Å². The van der Waals surface area contributed by atoms with Crippen LogP contribution in [-0.4, -0.2) is 50.7 Å². The second-order valence-electron chi connectivity index (χ2n) is 7.40. The van der Waals surface area contributed by atoms with Crippen molar-refractivity contribution in [3.05, 3.63) is 59.3 Å². The first-order valence-corrected chi connectivity index (χ1v) is 11.9. The average molecular weight is 500 g/mol. The summed E-state index contributed by atoms with van der Waals surface area (Å²) in [5, 5.41) is 6.46. The molecule has 186 valence electrons. The van der Waals surface area contributed by atoms with Gasteiger partial charge in [0.25, 0.3) is 0 Å². The molecule has 3 rings (SSSR count). The minimum absolute atomic E-state index is 0.104. The zero-order valence-corrected chi connectivity index (χ0v) is 21.2. The Bertz CT molecular complexity index is 1150. The van der Waals surface area contributed by atoms with Crippen LogP contribution in [-0.2, 0) is 14.3 Å². The van der Waals surface area contributed by atoms with Gasteiger partial charge >= 0.3 is 5.97 Å². The molecular weight excluding hydrogens is 470 g/mol. The number of amidine groups is 1. The Morgan fingerprint density at radius 1 is 1.06 bits per heavy atom. The van der Waals surface area contributed by atoms with Gasteiger partial charge in [-0.1, -0.05) is 17.8 Å². The molecular formula is C25H29N3O6S. The number of aliphatic imine (C=N–C) groups is 1. The van der Waals surface area contributed by atoms with Crippen molar-refractivity contribution < 1.29 is 28.5 Å². The number of amides is 1. The second-order valence-corrected chi connectivity index (χ2v) is 8.36. The number of methoxy groups -OCH3 is 3. The molecule has 2 aromatic rings. The van der Waals surface area contributed by atoms with Gasteiger partial charge in [-0.2, -0.15) is 0 Å². The Morgan fingerprint density at radius 2 is 1.80 bits per heavy atom. The Balaban J connectivity index is 1.85. The molecule has 0 fully saturated rings. The zero-order valence-electron chi connectivity index (χ0n) is 20.3. The molecule has 2 N–H and O–H groups in total. The maximum atomic E-state index is 12.8. The number of nitrogens with zero attached hydrogens (tertiary/aromatic N) is 1. The predicted molar refractivity (Wildman–Crippen MR) is 136 cm³/mol. The van der Waals surface area contributed by atoms with Gasteiger partial charge in [-0.15, -0.1) is 0 Å². The van der Waals surface area contributed by atoms with E-state index in [1.165, 1.54) is 11.8 Å². The molecule has 1 amide bonds. The van der Waals surface area contributed by atoms with E-state index in [1.54, 1.807) is 77.6 Å². The molecule has 1 heterocycles. The first kappa shape index (κ1) is 26.0. The Hall–Kier alpha value is -3.66. The fraction of sp³-hybridized carbons (Fsp3) is 0.320. The van der Waals surface area contributed by atoms with Crippen molar-refractivity contribution in [3.63, 3.8) is 0 Å². The van der Waals surface area contributed by atoms with Gasteiger partial charge in [-0.25, -0.2) is 9.79 Å². The molecule has 35 heavy (non-hydrogen) atoms. The van der Waals surface area contributed by atoms with Gasteiger partial charge in [0, 0.05) is 23.0 Å². The van der Waals surface area contributed by atoms with Crippen molar-refractivity contribution in [1.29, 1.82) is 0 Å². The van der Waals surface area contributed by atoms with Gasteiger partial charge in [0.2, 0.25) is 5.91 Å². The first-order chi connectivity index (χ1) is 16.9. The Morgan fingerprint density at radius 3 is 2.49 bits per heavy atom. The third-order valence-corrected chi connectivity index (χ3v) is 6.03. The van der Waals surface area contributed by atoms with E-state index in [0.29, 0.717) is 44.9 Å². The van der Waals surface area contributed by atoms with E-state index in [0.717, 1.165) is 0 Å². The fourth-order valence-electron chi connectivity index (χ4n) is 3.50. The number of thioether (sulfide) groups is 1. The lowest BCUT2D eigenvalue weighted by molar-refractivity contribution is -0.139. The molecule has 0 bridgehead atoms. The minimum Gasteiger partial charge on any atom is -0.497 e. The quantitative estimate of drug-likeness (QED) is 0.500. The van der Waals surface area contributed by atoms with Gasteiger partial charge < -0.3 is 29.6 Å². The molecule has 10 heteroatoms. The number of anilines is 1. The summed E-state index contributed by atoms with van der Waals surface area (Å²) < 4.78 is 21.4. The van der Waals surface area contributed by atoms with Crippen LogP contribution in [0.3, 0.4) is 0 Å². The van der Waals surface area contributed by atoms with Gasteiger partial charge in [0.05, 0.1) is 39.3 Å². The van der Waals surface area contributed by atoms with Crippen LogP contribution in [0.15, 0.2) is 58.7 Å². The molecule has 0 saturated heterocycles. The lowest BCUT2D eigenvalue weighted by atomic mass is 9.95. The van der Waals surface area contributed by atoms with E-state index >= 15 is 0 Å². The summed E-state index contributed by atoms with van der Waals surface area (Å²) >= 11 is 1.22. The van der Waals surface area contributed by atoms with Gasteiger partial charge in [0.15, 0.2) is 5.17 Å². The number of allylic oxidation sites excluding steroid dienone is 1. The van der Waals surface area contributed by atoms with Crippen LogP contribution in [0.1, 0.15) is 25.5 Å². The van der Waals surface area contributed by atoms with Crippen LogP contribution in [0, 0.1) is 0 Å². The standard InChI is InChI=1S/C25H29N3O6S/c1-6-34-24(30)22-15(2)26-25(28-23(22)19-13-18(32-4)10-11-20(19)33-5)35-14-21(29)27-16-8-7-9-17(12-16)31-3/h7-13,23H,6,14H2,1-5H3,(H,26,28)(H,27,29)/t23-/m0/s1. The largest absolute Gasteiger partial charge is 0.497 e. The first-order valence-electron chi connectivity index (χ1n) is 10.9. The molecule has 1 aliphatic heterocycles. The lowest BCUT2D eigenvalue weighted by Gasteiger charge is -2.27. The van der Waals surface area contributed by atoms with Gasteiger partial charge in [-0.05, 0) is 44.2 Å². The fourth-order valence-corrected chi connectivity index (χ4v) is 4.25. The number of hydrogen-bond donors (Lipinski definition) is 2. The summed E-state index contributed by atoms with van der Waals surface area (Å²) in [6, 6.07) is 11.7. The Kier molecular flexibility index (Phi) is 9.02. The number of carbonyl (C=O) groups excluding carboxylic acids is 2. The highest BCUT2D eigenvalue weighted by Crippen LogP contribution is 2.39. The summed E-state index contributed by atoms with van der Waals surface area (Å²) in [5.41, 5.74) is 2.23. The van der Waals surface area contributed by atoms with Crippen LogP contribution >= 0.6 is 11.8 Å². The molecule has 0 radical (unpaired) electrons. The lowest BCUT2D eigenvalue weighted by Crippen LogP contribution is -2.31. The van der Waals surface area contributed by atoms with Crippen molar-refractivity contribution in [2.24, 2.45) is 4.99 Å². The maximum Gasteiger partial charge on any atom is 0.338 e. The van der Waals surface area contributed by atoms with E-state index in [2.05, 4.69) is 10.6 Å². The second kappa shape index (κ2) is 12.2. The molecule has 0 unspecified atom stereocenters. The zero-order chi connectivity index (χ0) is 25.4. The number of ether oxygens (including phenoxy) is 4. The van der Waals surface area contributed by atoms with Gasteiger partial charge in [-0.3, -0.25) is 4.79 Å². The molecule has 0 aliphatic carbocycles. The monoisotopic (exact) mass is 499 g/mol. The molecule has 9 nitrogen and oxygen atoms in total. The number of esters is 1. The van der Waals surface area contributed by atoms with E-state index < -0.39 is 12.0 Å². The molecule has 1 atom stereocenters. The number of carbonyl (C=O) groups is 2. The molecule has 1 aliphatic rings. The topological polar surface area (TPSA) is 107 Å². The highest BCUT2D eigenvalue weighted by molar-refractivity contribution is 8.14. The van der Waals surface area contributed by atoms with Crippen LogP contribution in [0.4, 0.5) is 5.69 Å². The summed E-state index contributed by atoms with van der Waals surface area (Å²) in [7, 11) is 4.68. The number of nitrogens with one attached hydrogen (secondary N) is 2. The van der Waals surface area contributed by atoms with Crippen molar-refractivity contribution in [2.45, 2.75) is 19.9 Å². The van der Waals surface area contributed by atoms with E-state index in [4.69, 9.17) is 23.9 Å².